The first kappa shape index (κ1) is 17.8. The van der Waals surface area contributed by atoms with Crippen LogP contribution in [0.15, 0.2) is 0 Å². The van der Waals surface area contributed by atoms with Gasteiger partial charge in [-0.25, -0.2) is 0 Å². The van der Waals surface area contributed by atoms with Gasteiger partial charge in [-0.3, -0.25) is 11.3 Å². The monoisotopic (exact) mass is 259 g/mol. The fourth-order valence-electron chi connectivity index (χ4n) is 1.67. The number of hydrogen-bond acceptors (Lipinski definition) is 5. The summed E-state index contributed by atoms with van der Waals surface area (Å²) in [6, 6.07) is 0.602. The highest BCUT2D eigenvalue weighted by atomic mass is 15.2. The van der Waals surface area contributed by atoms with Gasteiger partial charge in [-0.05, 0) is 58.4 Å². The number of hydrogen-bond donors (Lipinski definition) is 5. The van der Waals surface area contributed by atoms with Crippen molar-refractivity contribution in [3.63, 3.8) is 0 Å². The topological polar surface area (TPSA) is 74.1 Å². The van der Waals surface area contributed by atoms with Gasteiger partial charge in [-0.1, -0.05) is 13.8 Å². The van der Waals surface area contributed by atoms with E-state index in [0.29, 0.717) is 6.04 Å². The van der Waals surface area contributed by atoms with Crippen molar-refractivity contribution in [3.05, 3.63) is 0 Å². The molecule has 0 saturated heterocycles. The number of nitrogens with one attached hydrogen (secondary N) is 4. The number of rotatable bonds is 14. The van der Waals surface area contributed by atoms with E-state index in [1.807, 2.05) is 0 Å². The van der Waals surface area contributed by atoms with E-state index in [1.54, 1.807) is 0 Å². The van der Waals surface area contributed by atoms with Crippen molar-refractivity contribution < 1.29 is 0 Å². The molecule has 0 aliphatic rings. The molecule has 110 valence electrons. The Morgan fingerprint density at radius 2 is 1.22 bits per heavy atom. The van der Waals surface area contributed by atoms with Gasteiger partial charge in [-0.2, -0.15) is 0 Å². The van der Waals surface area contributed by atoms with Crippen LogP contribution >= 0.6 is 0 Å². The van der Waals surface area contributed by atoms with Crippen LogP contribution in [0, 0.1) is 0 Å². The molecule has 0 amide bonds. The summed E-state index contributed by atoms with van der Waals surface area (Å²) in [6.07, 6.45) is 4.80. The summed E-state index contributed by atoms with van der Waals surface area (Å²) in [5, 5.41) is 10.3. The lowest BCUT2D eigenvalue weighted by molar-refractivity contribution is 0.531. The molecule has 0 spiro atoms. The Kier molecular flexibility index (Phi) is 14.7. The molecule has 0 saturated carbocycles. The van der Waals surface area contributed by atoms with E-state index in [-0.39, 0.29) is 0 Å². The maximum atomic E-state index is 5.18. The van der Waals surface area contributed by atoms with E-state index in [9.17, 15) is 0 Å². The average molecular weight is 259 g/mol. The smallest absolute Gasteiger partial charge is 0.0109 e. The lowest BCUT2D eigenvalue weighted by Crippen LogP contribution is -2.28. The van der Waals surface area contributed by atoms with Crippen molar-refractivity contribution in [3.8, 4) is 0 Å². The minimum atomic E-state index is 0.602. The molecule has 0 aliphatic heterocycles. The van der Waals surface area contributed by atoms with Gasteiger partial charge >= 0.3 is 0 Å². The summed E-state index contributed by atoms with van der Waals surface area (Å²) in [5.41, 5.74) is 2.65. The van der Waals surface area contributed by atoms with E-state index >= 15 is 0 Å². The summed E-state index contributed by atoms with van der Waals surface area (Å²) < 4.78 is 0. The van der Waals surface area contributed by atoms with Gasteiger partial charge in [0.1, 0.15) is 0 Å². The van der Waals surface area contributed by atoms with E-state index in [1.165, 1.54) is 19.3 Å². The van der Waals surface area contributed by atoms with Gasteiger partial charge in [0.15, 0.2) is 0 Å². The molecule has 0 aromatic heterocycles. The molecular formula is C13H33N5. The highest BCUT2D eigenvalue weighted by Gasteiger charge is 1.92. The molecular weight excluding hydrogens is 226 g/mol. The first-order valence-corrected chi connectivity index (χ1v) is 7.35. The summed E-state index contributed by atoms with van der Waals surface area (Å²) in [4.78, 5) is 0. The van der Waals surface area contributed by atoms with Gasteiger partial charge in [0, 0.05) is 12.6 Å². The Bertz CT molecular complexity index is 152. The lowest BCUT2D eigenvalue weighted by atomic mass is 10.3. The second kappa shape index (κ2) is 14.9. The molecule has 6 N–H and O–H groups in total. The van der Waals surface area contributed by atoms with Crippen molar-refractivity contribution in [1.82, 2.24) is 21.4 Å². The van der Waals surface area contributed by atoms with E-state index in [4.69, 9.17) is 5.84 Å². The third kappa shape index (κ3) is 15.8. The van der Waals surface area contributed by atoms with Crippen LogP contribution in [-0.2, 0) is 0 Å². The Hall–Kier alpha value is -0.200. The molecule has 18 heavy (non-hydrogen) atoms. The Morgan fingerprint density at radius 3 is 1.72 bits per heavy atom. The number of nitrogens with two attached hydrogens (primary N) is 1. The summed E-state index contributed by atoms with van der Waals surface area (Å²) >= 11 is 0. The molecule has 0 radical (unpaired) electrons. The van der Waals surface area contributed by atoms with Gasteiger partial charge < -0.3 is 16.0 Å². The normalized spacial score (nSPS) is 11.3. The Morgan fingerprint density at radius 1 is 0.722 bits per heavy atom. The third-order valence-corrected chi connectivity index (χ3v) is 2.71. The zero-order chi connectivity index (χ0) is 13.5. The minimum Gasteiger partial charge on any atom is -0.317 e. The van der Waals surface area contributed by atoms with Crippen molar-refractivity contribution in [1.29, 1.82) is 0 Å². The van der Waals surface area contributed by atoms with Crippen LogP contribution in [0.4, 0.5) is 0 Å². The van der Waals surface area contributed by atoms with E-state index in [2.05, 4.69) is 35.2 Å². The number of unbranched alkanes of at least 4 members (excludes halogenated alkanes) is 1. The maximum absolute atomic E-state index is 5.18. The first-order valence-electron chi connectivity index (χ1n) is 7.35. The van der Waals surface area contributed by atoms with Crippen LogP contribution in [0.1, 0.15) is 39.5 Å². The zero-order valence-electron chi connectivity index (χ0n) is 12.2. The molecule has 0 aromatic carbocycles. The highest BCUT2D eigenvalue weighted by molar-refractivity contribution is 4.56. The van der Waals surface area contributed by atoms with Crippen molar-refractivity contribution >= 4 is 0 Å². The average Bonchev–Trinajstić information content (AvgIpc) is 2.34. The maximum Gasteiger partial charge on any atom is 0.0109 e. The molecule has 5 nitrogen and oxygen atoms in total. The molecule has 0 aliphatic carbocycles. The molecule has 0 heterocycles. The zero-order valence-corrected chi connectivity index (χ0v) is 12.2. The van der Waals surface area contributed by atoms with Gasteiger partial charge in [-0.15, -0.1) is 0 Å². The van der Waals surface area contributed by atoms with Gasteiger partial charge in [0.25, 0.3) is 0 Å². The molecule has 0 unspecified atom stereocenters. The van der Waals surface area contributed by atoms with Crippen LogP contribution in [0.3, 0.4) is 0 Å². The van der Waals surface area contributed by atoms with E-state index in [0.717, 1.165) is 45.7 Å². The van der Waals surface area contributed by atoms with Gasteiger partial charge in [0.05, 0.1) is 0 Å². The van der Waals surface area contributed by atoms with Crippen LogP contribution in [0.5, 0.6) is 0 Å². The molecule has 5 heteroatoms. The standard InChI is InChI=1S/C13H33N5/c1-13(2)17-11-5-9-15-7-3-4-8-16-10-6-12-18-14/h13,15-18H,3-12,14H2,1-2H3. The fourth-order valence-corrected chi connectivity index (χ4v) is 1.67. The molecule has 0 aromatic rings. The highest BCUT2D eigenvalue weighted by Crippen LogP contribution is 1.86. The second-order valence-corrected chi connectivity index (χ2v) is 4.98. The predicted molar refractivity (Wildman–Crippen MR) is 79.5 cm³/mol. The molecule has 0 fully saturated rings. The van der Waals surface area contributed by atoms with Crippen molar-refractivity contribution in [2.24, 2.45) is 5.84 Å². The molecule has 0 atom stereocenters. The number of hydrazine groups is 1. The lowest BCUT2D eigenvalue weighted by Gasteiger charge is -2.08. The van der Waals surface area contributed by atoms with Gasteiger partial charge in [0.2, 0.25) is 0 Å². The molecule has 0 rings (SSSR count). The fraction of sp³-hybridized carbons (Fsp3) is 1.00. The van der Waals surface area contributed by atoms with Crippen LogP contribution in [0.2, 0.25) is 0 Å². The van der Waals surface area contributed by atoms with Crippen LogP contribution in [0.25, 0.3) is 0 Å². The largest absolute Gasteiger partial charge is 0.317 e. The second-order valence-electron chi connectivity index (χ2n) is 4.98. The summed E-state index contributed by atoms with van der Waals surface area (Å²) in [5.74, 6) is 5.18. The molecule has 0 bridgehead atoms. The Labute approximate surface area is 113 Å². The SMILES string of the molecule is CC(C)NCCCNCCCCNCCCNN. The summed E-state index contributed by atoms with van der Waals surface area (Å²) in [6.45, 7) is 10.8. The first-order chi connectivity index (χ1) is 8.77. The predicted octanol–water partition coefficient (Wildman–Crippen LogP) is 0.187. The van der Waals surface area contributed by atoms with Crippen LogP contribution < -0.4 is 27.2 Å². The van der Waals surface area contributed by atoms with Crippen molar-refractivity contribution in [2.75, 3.05) is 39.3 Å². The Balaban J connectivity index is 2.90. The third-order valence-electron chi connectivity index (χ3n) is 2.71. The minimum absolute atomic E-state index is 0.602. The summed E-state index contributed by atoms with van der Waals surface area (Å²) in [7, 11) is 0. The quantitative estimate of drug-likeness (QED) is 0.175. The van der Waals surface area contributed by atoms with Crippen molar-refractivity contribution in [2.45, 2.75) is 45.6 Å². The van der Waals surface area contributed by atoms with E-state index < -0.39 is 0 Å². The van der Waals surface area contributed by atoms with Crippen LogP contribution in [-0.4, -0.2) is 45.3 Å².